The third kappa shape index (κ3) is 7.66. The van der Waals surface area contributed by atoms with E-state index in [0.29, 0.717) is 62.2 Å². The van der Waals surface area contributed by atoms with Crippen LogP contribution in [0.2, 0.25) is 0 Å². The van der Waals surface area contributed by atoms with Crippen LogP contribution in [0.3, 0.4) is 0 Å². The van der Waals surface area contributed by atoms with Gasteiger partial charge in [-0.1, -0.05) is 110 Å². The van der Waals surface area contributed by atoms with Crippen molar-refractivity contribution in [3.8, 4) is 11.8 Å². The Kier molecular flexibility index (Phi) is 13.0. The molecule has 3 aromatic carbocycles. The van der Waals surface area contributed by atoms with Crippen LogP contribution in [0.25, 0.3) is 0 Å². The van der Waals surface area contributed by atoms with Crippen molar-refractivity contribution in [2.45, 2.75) is 208 Å². The topological polar surface area (TPSA) is 177 Å². The zero-order chi connectivity index (χ0) is 59.2. The van der Waals surface area contributed by atoms with E-state index in [2.05, 4.69) is 83.9 Å². The van der Waals surface area contributed by atoms with Gasteiger partial charge in [0, 0.05) is 57.6 Å². The first kappa shape index (κ1) is 56.5. The number of esters is 1. The fourth-order valence-electron chi connectivity index (χ4n) is 26.4. The smallest absolute Gasteiger partial charge is 0.331 e. The number of aliphatic hydroxyl groups is 6. The Balaban J connectivity index is 0.906. The van der Waals surface area contributed by atoms with Gasteiger partial charge >= 0.3 is 5.97 Å². The van der Waals surface area contributed by atoms with Crippen molar-refractivity contribution in [1.29, 1.82) is 0 Å². The highest BCUT2D eigenvalue weighted by atomic mass is 16.5. The van der Waals surface area contributed by atoms with E-state index < -0.39 is 86.4 Å². The number of carbonyl (C=O) groups excluding carboxylic acids is 2. The van der Waals surface area contributed by atoms with Crippen molar-refractivity contribution in [2.24, 2.45) is 98.6 Å². The van der Waals surface area contributed by atoms with Crippen LogP contribution in [-0.2, 0) is 40.2 Å². The minimum atomic E-state index is -2.29. The van der Waals surface area contributed by atoms with Gasteiger partial charge < -0.3 is 45.5 Å². The molecule has 7 N–H and O–H groups in total. The molecule has 3 aromatic rings. The van der Waals surface area contributed by atoms with E-state index in [1.165, 1.54) is 35.1 Å². The minimum Gasteiger partial charge on any atom is -0.454 e. The number of hydrogen-bond donors (Lipinski definition) is 7. The van der Waals surface area contributed by atoms with Gasteiger partial charge in [-0.25, -0.2) is 4.79 Å². The number of fused-ring (bicyclic) bond motifs is 2. The first-order valence-electron chi connectivity index (χ1n) is 34.8. The molecule has 16 aliphatic carbocycles. The summed E-state index contributed by atoms with van der Waals surface area (Å²) < 4.78 is 6.59. The van der Waals surface area contributed by atoms with E-state index in [9.17, 15) is 25.2 Å². The summed E-state index contributed by atoms with van der Waals surface area (Å²) in [5.74, 6) is 5.65. The molecule has 460 valence electrons. The summed E-state index contributed by atoms with van der Waals surface area (Å²) in [5, 5.41) is 89.4. The summed E-state index contributed by atoms with van der Waals surface area (Å²) in [6.45, 7) is -0.142. The number of hydrogen-bond acceptors (Lipinski definition) is 10. The Morgan fingerprint density at radius 1 is 0.736 bits per heavy atom. The van der Waals surface area contributed by atoms with E-state index in [1.807, 2.05) is 19.2 Å². The monoisotopic (exact) mass is 1180 g/mol. The SMILES string of the molecule is CNC1Cc2c(cccc2CO)C#CC23CCC(Cc4cccc(c4)Cc4cccc(c4)C4CCC5C(CCC56CC5(C=O)C7CCC8(C2)C2C9=CC(=O)OC9C1CC2CC8(O)C7(O)C(O)C1CC2C(C=CCC2C2CCCC2)CC(C6O)C15O)C4)C3. The van der Waals surface area contributed by atoms with Crippen molar-refractivity contribution >= 4 is 12.3 Å². The average molecular weight is 1180 g/mol. The second-order valence-electron chi connectivity index (χ2n) is 32.3. The lowest BCUT2D eigenvalue weighted by Gasteiger charge is -2.75. The van der Waals surface area contributed by atoms with Gasteiger partial charge in [-0.2, -0.15) is 0 Å². The van der Waals surface area contributed by atoms with Gasteiger partial charge in [0.1, 0.15) is 23.6 Å². The molecule has 87 heavy (non-hydrogen) atoms. The molecule has 3 spiro atoms. The average Bonchev–Trinajstić information content (AvgIpc) is 1.62. The molecule has 0 amide bonds. The number of aliphatic hydroxyl groups excluding tert-OH is 3. The second-order valence-corrected chi connectivity index (χ2v) is 32.3. The Morgan fingerprint density at radius 3 is 2.37 bits per heavy atom. The van der Waals surface area contributed by atoms with Crippen LogP contribution in [0.4, 0.5) is 0 Å². The quantitative estimate of drug-likeness (QED) is 0.0576. The molecule has 17 bridgehead atoms. The molecule has 10 nitrogen and oxygen atoms in total. The van der Waals surface area contributed by atoms with Crippen molar-refractivity contribution in [2.75, 3.05) is 7.05 Å². The number of nitrogens with one attached hydrogen (secondary N) is 1. The number of allylic oxidation sites excluding steroid dienone is 2. The zero-order valence-electron chi connectivity index (χ0n) is 51.1. The number of likely N-dealkylation sites (N-methyl/N-ethyl adjacent to an activating group) is 1. The number of ether oxygens (including phenoxy) is 1. The molecule has 10 fully saturated rings. The second kappa shape index (κ2) is 20.0. The summed E-state index contributed by atoms with van der Waals surface area (Å²) in [6.07, 6.45) is 21.9. The summed E-state index contributed by atoms with van der Waals surface area (Å²) in [7, 11) is 1.96. The predicted octanol–water partition coefficient (Wildman–Crippen LogP) is 10.4. The third-order valence-corrected chi connectivity index (χ3v) is 29.4. The molecular weight excluding hydrogens is 1080 g/mol. The fourth-order valence-corrected chi connectivity index (χ4v) is 26.4. The van der Waals surface area contributed by atoms with Crippen LogP contribution in [0, 0.1) is 110 Å². The van der Waals surface area contributed by atoms with Gasteiger partial charge in [0.15, 0.2) is 0 Å². The highest BCUT2D eigenvalue weighted by Gasteiger charge is 2.88. The molecule has 1 aliphatic heterocycles. The maximum absolute atomic E-state index is 15.9. The Labute approximate surface area is 514 Å². The van der Waals surface area contributed by atoms with Crippen molar-refractivity contribution in [3.63, 3.8) is 0 Å². The molecule has 0 aromatic heterocycles. The maximum Gasteiger partial charge on any atom is 0.331 e. The first-order valence-corrected chi connectivity index (χ1v) is 34.8. The van der Waals surface area contributed by atoms with Gasteiger partial charge in [0.2, 0.25) is 0 Å². The van der Waals surface area contributed by atoms with E-state index in [4.69, 9.17) is 4.74 Å². The molecule has 0 radical (unpaired) electrons. The summed E-state index contributed by atoms with van der Waals surface area (Å²) in [6, 6.07) is 24.3. The van der Waals surface area contributed by atoms with Gasteiger partial charge in [0.05, 0.1) is 29.8 Å². The van der Waals surface area contributed by atoms with Crippen LogP contribution >= 0.6 is 0 Å². The van der Waals surface area contributed by atoms with Crippen LogP contribution in [0.1, 0.15) is 180 Å². The van der Waals surface area contributed by atoms with Crippen LogP contribution in [0.5, 0.6) is 0 Å². The van der Waals surface area contributed by atoms with Crippen LogP contribution in [0.15, 0.2) is 90.5 Å². The molecule has 24 atom stereocenters. The summed E-state index contributed by atoms with van der Waals surface area (Å²) >= 11 is 0. The first-order chi connectivity index (χ1) is 42.1. The fraction of sp³-hybridized carbons (Fsp3) is 0.662. The highest BCUT2D eigenvalue weighted by Crippen LogP contribution is 2.81. The van der Waals surface area contributed by atoms with E-state index >= 15 is 15.0 Å². The standard InChI is InChI=1S/C77H93NO9/c1-78-64-36-57-49(13-6-16-54(57)40-79)21-25-71-24-20-47(38-71)30-45-9-4-8-44(28-45)29-46-10-5-14-50(31-46)51-18-19-61-53(32-51)22-26-72(61)42-74(43-80)65-23-27-73(41-71)67-55(33-59(64)68-60(67)37-66(81)87-68)39-75(73,84)77(65,86)70(83)63-35-58-52(34-62(69(72)82)76(63,74)85)15-7-17-56(58)48-11-2-3-12-48/h4-10,13-16,28,31,37,43,47-48,51-53,55-56,58-59,61-65,67-70,78-79,82-86H,2-3,11-12,17-20,22-24,26-27,29-30,32-36,38-42H2,1H3. The van der Waals surface area contributed by atoms with Gasteiger partial charge in [-0.3, -0.25) is 0 Å². The highest BCUT2D eigenvalue weighted by molar-refractivity contribution is 5.86. The predicted molar refractivity (Wildman–Crippen MR) is 330 cm³/mol. The number of rotatable bonds is 4. The number of carbonyl (C=O) groups is 2. The Bertz CT molecular complexity index is 3430. The van der Waals surface area contributed by atoms with Crippen molar-refractivity contribution in [1.82, 2.24) is 5.32 Å². The van der Waals surface area contributed by atoms with Crippen LogP contribution in [-0.4, -0.2) is 91.1 Å². The Morgan fingerprint density at radius 2 is 1.54 bits per heavy atom. The lowest BCUT2D eigenvalue weighted by molar-refractivity contribution is -0.386. The Hall–Kier alpha value is -4.44. The summed E-state index contributed by atoms with van der Waals surface area (Å²) in [4.78, 5) is 30.2. The molecule has 1 heterocycles. The minimum absolute atomic E-state index is 0.0128. The van der Waals surface area contributed by atoms with Gasteiger partial charge in [-0.15, -0.1) is 0 Å². The molecular formula is C77H93NO9. The normalized spacial score (nSPS) is 48.7. The molecule has 10 heteroatoms. The number of benzene rings is 3. The lowest BCUT2D eigenvalue weighted by Crippen LogP contribution is -2.86. The molecule has 17 aliphatic rings. The van der Waals surface area contributed by atoms with Gasteiger partial charge in [0.25, 0.3) is 0 Å². The van der Waals surface area contributed by atoms with Crippen molar-refractivity contribution in [3.05, 3.63) is 129 Å². The van der Waals surface area contributed by atoms with Crippen LogP contribution < -0.4 is 5.32 Å². The van der Waals surface area contributed by atoms with Crippen molar-refractivity contribution < 1.29 is 45.0 Å². The maximum atomic E-state index is 15.9. The number of aldehydes is 1. The molecule has 20 rings (SSSR count). The van der Waals surface area contributed by atoms with E-state index in [-0.39, 0.29) is 67.4 Å². The van der Waals surface area contributed by atoms with E-state index in [0.717, 1.165) is 112 Å². The van der Waals surface area contributed by atoms with E-state index in [1.54, 1.807) is 6.08 Å². The largest absolute Gasteiger partial charge is 0.454 e. The molecule has 24 unspecified atom stereocenters. The summed E-state index contributed by atoms with van der Waals surface area (Å²) in [5.41, 5.74) is -1.59. The zero-order valence-corrected chi connectivity index (χ0v) is 51.1. The molecule has 0 saturated heterocycles. The lowest BCUT2D eigenvalue weighted by atomic mass is 9.32. The molecule has 10 saturated carbocycles. The van der Waals surface area contributed by atoms with Gasteiger partial charge in [-0.05, 0) is 240 Å². The third-order valence-electron chi connectivity index (χ3n) is 29.4.